The number of nitrogens with zero attached hydrogens (tertiary/aromatic N) is 4. The molecule has 0 saturated carbocycles. The molecule has 1 saturated heterocycles. The van der Waals surface area contributed by atoms with E-state index in [0.29, 0.717) is 23.8 Å². The molecule has 1 fully saturated rings. The van der Waals surface area contributed by atoms with Crippen molar-refractivity contribution in [3.63, 3.8) is 0 Å². The Bertz CT molecular complexity index is 1660. The van der Waals surface area contributed by atoms with E-state index in [2.05, 4.69) is 27.2 Å². The van der Waals surface area contributed by atoms with Crippen LogP contribution < -0.4 is 15.0 Å². The van der Waals surface area contributed by atoms with E-state index in [1.54, 1.807) is 6.07 Å². The molecule has 1 aromatic heterocycles. The summed E-state index contributed by atoms with van der Waals surface area (Å²) in [6.45, 7) is 7.92. The molecule has 2 N–H and O–H groups in total. The Kier molecular flexibility index (Phi) is 9.57. The highest BCUT2D eigenvalue weighted by atomic mass is 19.1. The zero-order valence-electron chi connectivity index (χ0n) is 25.7. The van der Waals surface area contributed by atoms with Crippen LogP contribution in [0.3, 0.4) is 0 Å². The molecule has 8 nitrogen and oxygen atoms in total. The molecule has 11 heteroatoms. The molecule has 1 amide bonds. The lowest BCUT2D eigenvalue weighted by atomic mass is 9.89. The van der Waals surface area contributed by atoms with Gasteiger partial charge in [0.25, 0.3) is 0 Å². The van der Waals surface area contributed by atoms with Crippen LogP contribution in [0.2, 0.25) is 0 Å². The molecule has 0 spiro atoms. The maximum atomic E-state index is 15.0. The standard InChI is InChI=1S/C34H36F3N5O3/c1-20-12-21(2)31(22(3)13-20)32(24-14-25(35)16-26(36)15-24)42(34(43)44)30-9-10-38-33(40-30)39-27-7-8-29(28(37)17-27)45-19-23-6-5-11-41(4)18-23/h7-10,12-17,23,32H,5-6,11,18-19H2,1-4H3,(H,43,44)(H,38,39,40). The van der Waals surface area contributed by atoms with Crippen LogP contribution in [0.25, 0.3) is 0 Å². The van der Waals surface area contributed by atoms with E-state index in [9.17, 15) is 23.1 Å². The maximum Gasteiger partial charge on any atom is 0.413 e. The third-order valence-electron chi connectivity index (χ3n) is 7.95. The number of aromatic nitrogens is 2. The van der Waals surface area contributed by atoms with Crippen LogP contribution in [0, 0.1) is 44.1 Å². The summed E-state index contributed by atoms with van der Waals surface area (Å²) in [5, 5.41) is 13.4. The first-order chi connectivity index (χ1) is 21.5. The third-order valence-corrected chi connectivity index (χ3v) is 7.95. The maximum absolute atomic E-state index is 15.0. The number of halogens is 3. The minimum absolute atomic E-state index is 0.00131. The molecule has 0 aliphatic carbocycles. The topological polar surface area (TPSA) is 90.8 Å². The molecule has 2 unspecified atom stereocenters. The molecule has 4 aromatic rings. The quantitative estimate of drug-likeness (QED) is 0.200. The molecule has 236 valence electrons. The number of nitrogens with one attached hydrogen (secondary N) is 1. The van der Waals surface area contributed by atoms with Crippen LogP contribution in [0.15, 0.2) is 60.8 Å². The molecule has 45 heavy (non-hydrogen) atoms. The summed E-state index contributed by atoms with van der Waals surface area (Å²) in [7, 11) is 2.06. The number of amides is 1. The summed E-state index contributed by atoms with van der Waals surface area (Å²) in [5.74, 6) is -1.83. The fourth-order valence-corrected chi connectivity index (χ4v) is 6.13. The normalized spacial score (nSPS) is 15.8. The Morgan fingerprint density at radius 2 is 1.78 bits per heavy atom. The van der Waals surface area contributed by atoms with Crippen molar-refractivity contribution < 1.29 is 27.8 Å². The summed E-state index contributed by atoms with van der Waals surface area (Å²) >= 11 is 0. The fourth-order valence-electron chi connectivity index (χ4n) is 6.13. The Hall–Kier alpha value is -4.64. The summed E-state index contributed by atoms with van der Waals surface area (Å²) in [5.41, 5.74) is 3.43. The molecular weight excluding hydrogens is 583 g/mol. The zero-order chi connectivity index (χ0) is 32.2. The monoisotopic (exact) mass is 619 g/mol. The van der Waals surface area contributed by atoms with Gasteiger partial charge in [0.2, 0.25) is 5.95 Å². The van der Waals surface area contributed by atoms with E-state index < -0.39 is 29.6 Å². The number of piperidine rings is 1. The molecule has 1 aliphatic heterocycles. The van der Waals surface area contributed by atoms with Crippen LogP contribution in [0.5, 0.6) is 5.75 Å². The lowest BCUT2D eigenvalue weighted by Gasteiger charge is -2.32. The summed E-state index contributed by atoms with van der Waals surface area (Å²) in [6.07, 6.45) is 2.07. The van der Waals surface area contributed by atoms with E-state index in [4.69, 9.17) is 4.74 Å². The molecular formula is C34H36F3N5O3. The van der Waals surface area contributed by atoms with Crippen LogP contribution >= 0.6 is 0 Å². The second-order valence-corrected chi connectivity index (χ2v) is 11.7. The average Bonchev–Trinajstić information content (AvgIpc) is 2.95. The van der Waals surface area contributed by atoms with Crippen molar-refractivity contribution in [3.05, 3.63) is 106 Å². The predicted molar refractivity (Wildman–Crippen MR) is 167 cm³/mol. The van der Waals surface area contributed by atoms with Crippen molar-refractivity contribution in [2.45, 2.75) is 39.7 Å². The van der Waals surface area contributed by atoms with Gasteiger partial charge in [0.05, 0.1) is 12.6 Å². The van der Waals surface area contributed by atoms with E-state index >= 15 is 0 Å². The van der Waals surface area contributed by atoms with Gasteiger partial charge in [-0.25, -0.2) is 27.8 Å². The summed E-state index contributed by atoms with van der Waals surface area (Å²) in [6, 6.07) is 11.4. The minimum atomic E-state index is -1.40. The molecule has 3 aromatic carbocycles. The lowest BCUT2D eigenvalue weighted by Crippen LogP contribution is -2.36. The van der Waals surface area contributed by atoms with Crippen molar-refractivity contribution >= 4 is 23.5 Å². The molecule has 1 aliphatic rings. The number of benzene rings is 3. The Morgan fingerprint density at radius 3 is 2.42 bits per heavy atom. The first kappa shape index (κ1) is 31.8. The van der Waals surface area contributed by atoms with E-state index in [1.807, 2.05) is 32.9 Å². The second-order valence-electron chi connectivity index (χ2n) is 11.7. The van der Waals surface area contributed by atoms with Crippen molar-refractivity contribution in [1.82, 2.24) is 14.9 Å². The van der Waals surface area contributed by atoms with E-state index in [1.165, 1.54) is 24.4 Å². The van der Waals surface area contributed by atoms with Crippen LogP contribution in [0.4, 0.5) is 35.4 Å². The van der Waals surface area contributed by atoms with Crippen LogP contribution in [-0.2, 0) is 0 Å². The van der Waals surface area contributed by atoms with Gasteiger partial charge in [-0.15, -0.1) is 0 Å². The number of rotatable bonds is 9. The highest BCUT2D eigenvalue weighted by Crippen LogP contribution is 2.37. The van der Waals surface area contributed by atoms with E-state index in [0.717, 1.165) is 65.7 Å². The van der Waals surface area contributed by atoms with Gasteiger partial charge in [-0.2, -0.15) is 4.98 Å². The largest absolute Gasteiger partial charge is 0.490 e. The first-order valence-electron chi connectivity index (χ1n) is 14.8. The fraction of sp³-hybridized carbons (Fsp3) is 0.324. The SMILES string of the molecule is Cc1cc(C)c(C(c2cc(F)cc(F)c2)N(C(=O)O)c2ccnc(Nc3ccc(OCC4CCCN(C)C4)c(F)c3)n2)c(C)c1. The highest BCUT2D eigenvalue weighted by Gasteiger charge is 2.32. The van der Waals surface area contributed by atoms with Gasteiger partial charge >= 0.3 is 6.09 Å². The Labute approximate surface area is 260 Å². The predicted octanol–water partition coefficient (Wildman–Crippen LogP) is 7.56. The van der Waals surface area contributed by atoms with Gasteiger partial charge in [0, 0.05) is 36.5 Å². The van der Waals surface area contributed by atoms with Crippen molar-refractivity contribution in [1.29, 1.82) is 0 Å². The third kappa shape index (κ3) is 7.54. The van der Waals surface area contributed by atoms with Gasteiger partial charge < -0.3 is 20.1 Å². The number of anilines is 3. The van der Waals surface area contributed by atoms with Crippen molar-refractivity contribution in [2.24, 2.45) is 5.92 Å². The van der Waals surface area contributed by atoms with Gasteiger partial charge in [-0.05, 0) is 99.8 Å². The van der Waals surface area contributed by atoms with Crippen molar-refractivity contribution in [2.75, 3.05) is 37.0 Å². The highest BCUT2D eigenvalue weighted by molar-refractivity contribution is 5.87. The number of hydrogen-bond donors (Lipinski definition) is 2. The summed E-state index contributed by atoms with van der Waals surface area (Å²) < 4.78 is 49.7. The van der Waals surface area contributed by atoms with Gasteiger partial charge in [0.1, 0.15) is 17.5 Å². The van der Waals surface area contributed by atoms with Crippen LogP contribution in [0.1, 0.15) is 46.7 Å². The second kappa shape index (κ2) is 13.6. The number of hydrogen-bond acceptors (Lipinski definition) is 6. The summed E-state index contributed by atoms with van der Waals surface area (Å²) in [4.78, 5) is 24.7. The van der Waals surface area contributed by atoms with Gasteiger partial charge in [-0.1, -0.05) is 17.7 Å². The zero-order valence-corrected chi connectivity index (χ0v) is 25.7. The van der Waals surface area contributed by atoms with Gasteiger partial charge in [0.15, 0.2) is 11.6 Å². The van der Waals surface area contributed by atoms with Crippen LogP contribution in [-0.4, -0.2) is 52.8 Å². The minimum Gasteiger partial charge on any atom is -0.490 e. The van der Waals surface area contributed by atoms with Gasteiger partial charge in [-0.3, -0.25) is 0 Å². The number of ether oxygens (including phenoxy) is 1. The molecule has 5 rings (SSSR count). The lowest BCUT2D eigenvalue weighted by molar-refractivity contribution is 0.147. The number of likely N-dealkylation sites (tertiary alicyclic amines) is 1. The molecule has 2 heterocycles. The molecule has 2 atom stereocenters. The average molecular weight is 620 g/mol. The Morgan fingerprint density at radius 1 is 1.07 bits per heavy atom. The molecule has 0 radical (unpaired) electrons. The Balaban J connectivity index is 1.45. The van der Waals surface area contributed by atoms with E-state index in [-0.39, 0.29) is 23.1 Å². The number of carboxylic acid groups (broad SMARTS) is 1. The number of aryl methyl sites for hydroxylation is 3. The molecule has 0 bridgehead atoms. The smallest absolute Gasteiger partial charge is 0.413 e. The van der Waals surface area contributed by atoms with Crippen molar-refractivity contribution in [3.8, 4) is 5.75 Å². The number of carbonyl (C=O) groups is 1. The first-order valence-corrected chi connectivity index (χ1v) is 14.8.